The van der Waals surface area contributed by atoms with E-state index < -0.39 is 0 Å². The predicted molar refractivity (Wildman–Crippen MR) is 311 cm³/mol. The van der Waals surface area contributed by atoms with E-state index >= 15 is 0 Å². The predicted octanol–water partition coefficient (Wildman–Crippen LogP) is 12.4. The number of alkyl carbamates (subject to hydrolysis) is 2. The van der Waals surface area contributed by atoms with Gasteiger partial charge in [-0.3, -0.25) is 9.59 Å². The van der Waals surface area contributed by atoms with Crippen LogP contribution in [-0.2, 0) is 67.3 Å². The summed E-state index contributed by atoms with van der Waals surface area (Å²) < 4.78 is 25.3. The minimum absolute atomic E-state index is 0. The number of hydrogen-bond acceptors (Lipinski definition) is 11. The van der Waals surface area contributed by atoms with E-state index in [1.165, 1.54) is 80.4 Å². The summed E-state index contributed by atoms with van der Waals surface area (Å²) in [6.07, 6.45) is 20.7. The molecule has 0 spiro atoms. The maximum absolute atomic E-state index is 11.3. The molecule has 79 heavy (non-hydrogen) atoms. The fraction of sp³-hybridized carbons (Fsp3) is 0.774. The molecule has 442 valence electrons. The molecule has 4 saturated carbocycles. The van der Waals surface area contributed by atoms with Gasteiger partial charge in [0.25, 0.3) is 0 Å². The molecule has 8 aliphatic carbocycles. The summed E-state index contributed by atoms with van der Waals surface area (Å²) in [5.41, 5.74) is 13.1. The van der Waals surface area contributed by atoms with Crippen molar-refractivity contribution < 1.29 is 38.1 Å². The van der Waals surface area contributed by atoms with Crippen molar-refractivity contribution in [2.24, 2.45) is 76.1 Å². The molecule has 2 amide bonds. The minimum Gasteiger partial charge on any atom is -0.465 e. The van der Waals surface area contributed by atoms with Crippen LogP contribution >= 0.6 is 0 Å². The normalized spacial score (nSPS) is 26.9. The molecule has 4 fully saturated rings. The average Bonchev–Trinajstić information content (AvgIpc) is 4.51. The molecule has 12 atom stereocenters. The van der Waals surface area contributed by atoms with Gasteiger partial charge in [-0.25, -0.2) is 14.3 Å². The monoisotopic (exact) mass is 1100 g/mol. The van der Waals surface area contributed by atoms with Crippen LogP contribution < -0.4 is 10.6 Å². The van der Waals surface area contributed by atoms with Crippen LogP contribution in [0.1, 0.15) is 176 Å². The Morgan fingerprint density at radius 3 is 1.35 bits per heavy atom. The Balaban J connectivity index is 0.000000266. The first-order chi connectivity index (χ1) is 37.5. The Kier molecular flexibility index (Phi) is 30.7. The molecule has 17 heteroatoms. The largest absolute Gasteiger partial charge is 0.465 e. The Morgan fingerprint density at radius 1 is 0.595 bits per heavy atom. The van der Waals surface area contributed by atoms with Crippen LogP contribution in [0.5, 0.6) is 0 Å². The molecular weight excluding hydrogens is 999 g/mol. The van der Waals surface area contributed by atoms with E-state index in [-0.39, 0.29) is 39.0 Å². The molecule has 8 aliphatic rings. The van der Waals surface area contributed by atoms with Crippen molar-refractivity contribution in [1.29, 1.82) is 0 Å². The third-order valence-corrected chi connectivity index (χ3v) is 17.2. The number of esters is 2. The van der Waals surface area contributed by atoms with Crippen molar-refractivity contribution in [2.45, 2.75) is 192 Å². The zero-order valence-corrected chi connectivity index (χ0v) is 48.2. The van der Waals surface area contributed by atoms with Gasteiger partial charge in [0.1, 0.15) is 0 Å². The number of amides is 2. The highest BCUT2D eigenvalue weighted by Crippen LogP contribution is 2.55. The first kappa shape index (κ1) is 67.6. The summed E-state index contributed by atoms with van der Waals surface area (Å²) in [7, 11) is 3.20. The zero-order chi connectivity index (χ0) is 55.7. The van der Waals surface area contributed by atoms with Crippen LogP contribution in [0.2, 0.25) is 0 Å². The third kappa shape index (κ3) is 20.4. The average molecular weight is 1100 g/mol. The number of hydrogen-bond donors (Lipinski definition) is 2. The lowest BCUT2D eigenvalue weighted by molar-refractivity contribution is -0.144. The number of aromatic nitrogens is 4. The van der Waals surface area contributed by atoms with Gasteiger partial charge >= 0.3 is 24.1 Å². The highest BCUT2D eigenvalue weighted by atomic mass is 16.6. The van der Waals surface area contributed by atoms with Gasteiger partial charge in [0.15, 0.2) is 0 Å². The van der Waals surface area contributed by atoms with Crippen LogP contribution in [0.4, 0.5) is 9.59 Å². The molecule has 10 rings (SSSR count). The van der Waals surface area contributed by atoms with Crippen molar-refractivity contribution in [3.05, 3.63) is 45.4 Å². The standard InChI is InChI=1S/C16H24N2O2.C15H23N3O2.C13H18O2.C12H17NO2.C2H5N3.C2H6.2CH4/c1-3-18-9-8-11-4-5-12-13(6-7-15(11)18)14(12)10-20-16(19)17-2;1-3-15(19)20-9-12-10-5-7-13-14(8-6-11(10)12)18(4-2)17-16-13;1-2-13(14)15-9-12-10-7-5-3-4-6-8-11(10)12;1-13-12(14)15-8-11-9-6-4-2-3-5-7-10(9)11;1-2-4-5-3;1-2;;/h8-9,12-14H,3-7,10H2,1-2H3,(H,17,19);10-12H,3-9H2,1-2H3;10-12H,2,5-9H2,1H3;9-11H,4-8H2,1H3,(H,13,14);2H2,1H3;1-2H3;2*1H4/t12-,13+,14-;10-,11+,12-;10-,11+,12?;9-,10+,11?;;;;/m11....../s1. The smallest absolute Gasteiger partial charge is 0.406 e. The number of azide groups is 1. The van der Waals surface area contributed by atoms with E-state index in [0.29, 0.717) is 69.5 Å². The third-order valence-electron chi connectivity index (χ3n) is 17.2. The number of nitrogens with one attached hydrogen (secondary N) is 2. The zero-order valence-electron chi connectivity index (χ0n) is 48.2. The first-order valence-electron chi connectivity index (χ1n) is 29.6. The second-order valence-corrected chi connectivity index (χ2v) is 21.2. The summed E-state index contributed by atoms with van der Waals surface area (Å²) in [5.74, 6) is 21.0. The lowest BCUT2D eigenvalue weighted by Crippen LogP contribution is -2.20. The number of carbonyl (C=O) groups is 4. The number of fused-ring (bicyclic) bond motifs is 6. The highest BCUT2D eigenvalue weighted by molar-refractivity contribution is 5.69. The minimum atomic E-state index is -0.314. The van der Waals surface area contributed by atoms with Gasteiger partial charge in [-0.2, -0.15) is 0 Å². The summed E-state index contributed by atoms with van der Waals surface area (Å²) in [6, 6.07) is 2.29. The topological polar surface area (TPSA) is 214 Å². The van der Waals surface area contributed by atoms with E-state index in [9.17, 15) is 19.2 Å². The number of nitrogens with zero attached hydrogens (tertiary/aromatic N) is 7. The van der Waals surface area contributed by atoms with Crippen LogP contribution in [0.15, 0.2) is 17.4 Å². The molecule has 2 aromatic heterocycles. The van der Waals surface area contributed by atoms with Crippen LogP contribution in [0.3, 0.4) is 0 Å². The van der Waals surface area contributed by atoms with Gasteiger partial charge in [0.2, 0.25) is 0 Å². The van der Waals surface area contributed by atoms with Crippen molar-refractivity contribution in [1.82, 2.24) is 30.2 Å². The van der Waals surface area contributed by atoms with E-state index in [1.54, 1.807) is 21.0 Å². The molecule has 2 heterocycles. The SMILES string of the molecule is C.C.CC.CCC(=O)OCC1[C@H]2CCC#CCC[C@@H]12.CCC(=O)OC[C@@H]1[C@@H]2CCc3nnn(CC)c3CC[C@@H]21.CCN=[N+]=[N-].CCn1ccc2c1CC[C@H]1[C@@H](CC2)[C@H]1COC(=O)NC.CNC(=O)OCC1[C@H]2CCC#CCC[C@@H]12. The number of carbonyl (C=O) groups excluding carboxylic acids is 4. The molecule has 2 N–H and O–H groups in total. The van der Waals surface area contributed by atoms with Crippen molar-refractivity contribution in [3.63, 3.8) is 0 Å². The van der Waals surface area contributed by atoms with Crippen molar-refractivity contribution >= 4 is 24.1 Å². The second-order valence-electron chi connectivity index (χ2n) is 21.2. The van der Waals surface area contributed by atoms with Gasteiger partial charge in [-0.05, 0) is 179 Å². The van der Waals surface area contributed by atoms with Crippen LogP contribution in [0, 0.1) is 94.7 Å². The molecule has 2 aromatic rings. The Hall–Kier alpha value is -5.67. The van der Waals surface area contributed by atoms with Gasteiger partial charge in [-0.15, -0.1) is 28.8 Å². The molecule has 17 nitrogen and oxygen atoms in total. The fourth-order valence-electron chi connectivity index (χ4n) is 12.7. The summed E-state index contributed by atoms with van der Waals surface area (Å²) in [4.78, 5) is 46.9. The molecule has 0 aliphatic heterocycles. The highest BCUT2D eigenvalue weighted by Gasteiger charge is 2.52. The molecule has 2 unspecified atom stereocenters. The van der Waals surface area contributed by atoms with Crippen molar-refractivity contribution in [2.75, 3.05) is 47.1 Å². The van der Waals surface area contributed by atoms with Gasteiger partial charge in [0, 0.05) is 89.1 Å². The van der Waals surface area contributed by atoms with E-state index in [0.717, 1.165) is 105 Å². The number of ether oxygens (including phenoxy) is 4. The van der Waals surface area contributed by atoms with Gasteiger partial charge in [0.05, 0.1) is 37.8 Å². The van der Waals surface area contributed by atoms with Crippen LogP contribution in [0.25, 0.3) is 10.4 Å². The van der Waals surface area contributed by atoms with Crippen LogP contribution in [-0.4, -0.2) is 90.8 Å². The quantitative estimate of drug-likeness (QED) is 0.0483. The first-order valence-corrected chi connectivity index (χ1v) is 29.6. The Labute approximate surface area is 474 Å². The molecule has 0 saturated heterocycles. The Bertz CT molecular complexity index is 2170. The Morgan fingerprint density at radius 2 is 0.987 bits per heavy atom. The summed E-state index contributed by atoms with van der Waals surface area (Å²) in [5, 5.41) is 16.7. The fourth-order valence-corrected chi connectivity index (χ4v) is 12.7. The van der Waals surface area contributed by atoms with E-state index in [1.807, 2.05) is 32.4 Å². The molecule has 0 radical (unpaired) electrons. The number of rotatable bonds is 13. The van der Waals surface area contributed by atoms with Gasteiger partial charge < -0.3 is 34.1 Å². The van der Waals surface area contributed by atoms with E-state index in [2.05, 4.69) is 85.3 Å². The maximum Gasteiger partial charge on any atom is 0.406 e. The maximum atomic E-state index is 11.3. The molecule has 0 aromatic carbocycles. The molecule has 0 bridgehead atoms. The van der Waals surface area contributed by atoms with E-state index in [4.69, 9.17) is 24.5 Å². The second kappa shape index (κ2) is 35.8. The summed E-state index contributed by atoms with van der Waals surface area (Å²) >= 11 is 0. The lowest BCUT2D eigenvalue weighted by Gasteiger charge is -2.12. The van der Waals surface area contributed by atoms with Gasteiger partial charge in [-0.1, -0.05) is 59.8 Å². The summed E-state index contributed by atoms with van der Waals surface area (Å²) in [6.45, 7) is 18.7. The molecular formula is C62H101N9O8. The van der Waals surface area contributed by atoms with Crippen molar-refractivity contribution in [3.8, 4) is 23.7 Å². The number of aryl methyl sites for hydroxylation is 4. The lowest BCUT2D eigenvalue weighted by atomic mass is 9.99.